The molecule has 0 aliphatic rings. The molecule has 1 heterocycles. The zero-order valence-corrected chi connectivity index (χ0v) is 18.4. The number of anilines is 1. The first kappa shape index (κ1) is 20.3. The van der Waals surface area contributed by atoms with E-state index in [0.29, 0.717) is 5.16 Å². The van der Waals surface area contributed by atoms with E-state index in [1.165, 1.54) is 11.8 Å². The van der Waals surface area contributed by atoms with Crippen LogP contribution in [0.1, 0.15) is 0 Å². The van der Waals surface area contributed by atoms with Crippen molar-refractivity contribution in [1.82, 2.24) is 9.97 Å². The standard InChI is InChI=1S/C24H18BrN3OS/c25-19-11-13-20(14-12-19)26-23(29)16-30-24-27-21(17-7-3-1-4-8-17)15-22(28-24)18-9-5-2-6-10-18/h1-15H,16H2,(H,26,29). The van der Waals surface area contributed by atoms with Gasteiger partial charge in [-0.1, -0.05) is 88.4 Å². The molecule has 0 spiro atoms. The van der Waals surface area contributed by atoms with Gasteiger partial charge in [0.25, 0.3) is 0 Å². The summed E-state index contributed by atoms with van der Waals surface area (Å²) in [5.74, 6) is 0.125. The highest BCUT2D eigenvalue weighted by atomic mass is 79.9. The summed E-state index contributed by atoms with van der Waals surface area (Å²) in [5.41, 5.74) is 4.45. The summed E-state index contributed by atoms with van der Waals surface area (Å²) < 4.78 is 0.967. The number of rotatable bonds is 6. The van der Waals surface area contributed by atoms with Gasteiger partial charge in [-0.2, -0.15) is 0 Å². The number of hydrogen-bond acceptors (Lipinski definition) is 4. The number of benzene rings is 3. The van der Waals surface area contributed by atoms with Crippen molar-refractivity contribution >= 4 is 39.3 Å². The van der Waals surface area contributed by atoms with Crippen LogP contribution in [0.5, 0.6) is 0 Å². The van der Waals surface area contributed by atoms with E-state index < -0.39 is 0 Å². The highest BCUT2D eigenvalue weighted by Crippen LogP contribution is 2.27. The number of amides is 1. The second-order valence-electron chi connectivity index (χ2n) is 6.50. The van der Waals surface area contributed by atoms with Crippen molar-refractivity contribution in [2.75, 3.05) is 11.1 Å². The van der Waals surface area contributed by atoms with Crippen LogP contribution in [0.25, 0.3) is 22.5 Å². The largest absolute Gasteiger partial charge is 0.325 e. The molecule has 1 N–H and O–H groups in total. The van der Waals surface area contributed by atoms with E-state index in [0.717, 1.165) is 32.7 Å². The summed E-state index contributed by atoms with van der Waals surface area (Å²) in [6.45, 7) is 0. The van der Waals surface area contributed by atoms with Gasteiger partial charge in [0.2, 0.25) is 5.91 Å². The molecule has 1 aromatic heterocycles. The molecule has 4 rings (SSSR count). The third kappa shape index (κ3) is 5.34. The molecule has 0 aliphatic carbocycles. The van der Waals surface area contributed by atoms with E-state index >= 15 is 0 Å². The molecule has 0 fully saturated rings. The zero-order chi connectivity index (χ0) is 20.8. The highest BCUT2D eigenvalue weighted by Gasteiger charge is 2.11. The van der Waals surface area contributed by atoms with E-state index in [1.807, 2.05) is 91.0 Å². The van der Waals surface area contributed by atoms with Crippen molar-refractivity contribution in [2.24, 2.45) is 0 Å². The summed E-state index contributed by atoms with van der Waals surface area (Å²) in [4.78, 5) is 21.8. The van der Waals surface area contributed by atoms with Crippen LogP contribution in [0.3, 0.4) is 0 Å². The lowest BCUT2D eigenvalue weighted by molar-refractivity contribution is -0.113. The van der Waals surface area contributed by atoms with Crippen molar-refractivity contribution in [1.29, 1.82) is 0 Å². The third-order valence-corrected chi connectivity index (χ3v) is 5.68. The number of nitrogens with zero attached hydrogens (tertiary/aromatic N) is 2. The fourth-order valence-electron chi connectivity index (χ4n) is 2.86. The molecule has 0 aliphatic heterocycles. The number of aromatic nitrogens is 2. The van der Waals surface area contributed by atoms with Gasteiger partial charge in [-0.3, -0.25) is 4.79 Å². The first-order valence-electron chi connectivity index (χ1n) is 9.35. The minimum Gasteiger partial charge on any atom is -0.325 e. The normalized spacial score (nSPS) is 10.6. The Morgan fingerprint density at radius 3 is 1.87 bits per heavy atom. The number of halogens is 1. The zero-order valence-electron chi connectivity index (χ0n) is 16.0. The lowest BCUT2D eigenvalue weighted by Crippen LogP contribution is -2.14. The predicted octanol–water partition coefficient (Wildman–Crippen LogP) is 6.30. The van der Waals surface area contributed by atoms with Gasteiger partial charge in [0.1, 0.15) is 0 Å². The van der Waals surface area contributed by atoms with Crippen LogP contribution in [0.15, 0.2) is 101 Å². The van der Waals surface area contributed by atoms with Gasteiger partial charge in [0, 0.05) is 21.3 Å². The number of thioether (sulfide) groups is 1. The molecular weight excluding hydrogens is 458 g/mol. The van der Waals surface area contributed by atoms with Crippen molar-refractivity contribution in [3.05, 3.63) is 95.5 Å². The van der Waals surface area contributed by atoms with Gasteiger partial charge in [0.15, 0.2) is 5.16 Å². The van der Waals surface area contributed by atoms with Crippen LogP contribution in [0.4, 0.5) is 5.69 Å². The molecule has 1 amide bonds. The first-order valence-corrected chi connectivity index (χ1v) is 11.1. The van der Waals surface area contributed by atoms with Gasteiger partial charge < -0.3 is 5.32 Å². The Morgan fingerprint density at radius 2 is 1.33 bits per heavy atom. The molecule has 0 radical (unpaired) electrons. The van der Waals surface area contributed by atoms with Gasteiger partial charge in [-0.05, 0) is 30.3 Å². The lowest BCUT2D eigenvalue weighted by Gasteiger charge is -2.09. The lowest BCUT2D eigenvalue weighted by atomic mass is 10.1. The molecule has 0 bridgehead atoms. The van der Waals surface area contributed by atoms with E-state index in [-0.39, 0.29) is 11.7 Å². The number of nitrogens with one attached hydrogen (secondary N) is 1. The summed E-state index contributed by atoms with van der Waals surface area (Å²) >= 11 is 4.72. The highest BCUT2D eigenvalue weighted by molar-refractivity contribution is 9.10. The van der Waals surface area contributed by atoms with Crippen molar-refractivity contribution in [2.45, 2.75) is 5.16 Å². The van der Waals surface area contributed by atoms with E-state index in [1.54, 1.807) is 0 Å². The number of hydrogen-bond donors (Lipinski definition) is 1. The van der Waals surface area contributed by atoms with E-state index in [4.69, 9.17) is 0 Å². The Hall–Kier alpha value is -2.96. The monoisotopic (exact) mass is 475 g/mol. The molecule has 6 heteroatoms. The second-order valence-corrected chi connectivity index (χ2v) is 8.35. The Kier molecular flexibility index (Phi) is 6.57. The average Bonchev–Trinajstić information content (AvgIpc) is 2.80. The molecule has 4 aromatic rings. The molecule has 0 atom stereocenters. The van der Waals surface area contributed by atoms with Crippen molar-refractivity contribution in [3.63, 3.8) is 0 Å². The number of carbonyl (C=O) groups is 1. The van der Waals surface area contributed by atoms with Crippen molar-refractivity contribution in [3.8, 4) is 22.5 Å². The summed E-state index contributed by atoms with van der Waals surface area (Å²) in [6, 6.07) is 29.4. The summed E-state index contributed by atoms with van der Waals surface area (Å²) in [7, 11) is 0. The fraction of sp³-hybridized carbons (Fsp3) is 0.0417. The maximum Gasteiger partial charge on any atom is 0.234 e. The van der Waals surface area contributed by atoms with Crippen molar-refractivity contribution < 1.29 is 4.79 Å². The maximum absolute atomic E-state index is 12.4. The topological polar surface area (TPSA) is 54.9 Å². The Labute approximate surface area is 187 Å². The van der Waals surface area contributed by atoms with Crippen LogP contribution < -0.4 is 5.32 Å². The molecule has 0 saturated heterocycles. The molecule has 30 heavy (non-hydrogen) atoms. The minimum atomic E-state index is -0.0997. The van der Waals surface area contributed by atoms with Crippen LogP contribution >= 0.6 is 27.7 Å². The van der Waals surface area contributed by atoms with Gasteiger partial charge >= 0.3 is 0 Å². The van der Waals surface area contributed by atoms with Gasteiger partial charge in [0.05, 0.1) is 17.1 Å². The molecule has 3 aromatic carbocycles. The molecular formula is C24H18BrN3OS. The smallest absolute Gasteiger partial charge is 0.234 e. The van der Waals surface area contributed by atoms with E-state index in [2.05, 4.69) is 31.2 Å². The fourth-order valence-corrected chi connectivity index (χ4v) is 3.79. The number of carbonyl (C=O) groups excluding carboxylic acids is 1. The van der Waals surface area contributed by atoms with E-state index in [9.17, 15) is 4.79 Å². The predicted molar refractivity (Wildman–Crippen MR) is 126 cm³/mol. The Morgan fingerprint density at radius 1 is 0.800 bits per heavy atom. The molecule has 148 valence electrons. The summed E-state index contributed by atoms with van der Waals surface area (Å²) in [6.07, 6.45) is 0. The van der Waals surface area contributed by atoms with Crippen LogP contribution in [-0.4, -0.2) is 21.6 Å². The molecule has 0 saturated carbocycles. The third-order valence-electron chi connectivity index (χ3n) is 4.31. The van der Waals surface area contributed by atoms with Crippen LogP contribution in [0.2, 0.25) is 0 Å². The Bertz CT molecular complexity index is 1080. The SMILES string of the molecule is O=C(CSc1nc(-c2ccccc2)cc(-c2ccccc2)n1)Nc1ccc(Br)cc1. The van der Waals surface area contributed by atoms with Gasteiger partial charge in [-0.25, -0.2) is 9.97 Å². The Balaban J connectivity index is 1.56. The molecule has 4 nitrogen and oxygen atoms in total. The summed E-state index contributed by atoms with van der Waals surface area (Å²) in [5, 5.41) is 3.47. The average molecular weight is 476 g/mol. The second kappa shape index (κ2) is 9.69. The first-order chi connectivity index (χ1) is 14.7. The quantitative estimate of drug-likeness (QED) is 0.262. The van der Waals surface area contributed by atoms with Crippen LogP contribution in [0, 0.1) is 0 Å². The minimum absolute atomic E-state index is 0.0997. The van der Waals surface area contributed by atoms with Crippen LogP contribution in [-0.2, 0) is 4.79 Å². The molecule has 0 unspecified atom stereocenters. The maximum atomic E-state index is 12.4. The van der Waals surface area contributed by atoms with Gasteiger partial charge in [-0.15, -0.1) is 0 Å².